The Morgan fingerprint density at radius 3 is 2.75 bits per heavy atom. The number of hydrogen-bond donors (Lipinski definition) is 1. The number of aromatic carboxylic acids is 1. The van der Waals surface area contributed by atoms with Crippen molar-refractivity contribution in [3.63, 3.8) is 0 Å². The highest BCUT2D eigenvalue weighted by molar-refractivity contribution is 5.93. The van der Waals surface area contributed by atoms with E-state index in [1.165, 1.54) is 23.9 Å². The molecule has 0 amide bonds. The number of hydrogen-bond acceptors (Lipinski definition) is 4. The van der Waals surface area contributed by atoms with Crippen molar-refractivity contribution >= 4 is 5.97 Å². The molecule has 0 atom stereocenters. The van der Waals surface area contributed by atoms with Gasteiger partial charge in [0, 0.05) is 5.56 Å². The molecule has 0 saturated heterocycles. The molecule has 0 fully saturated rings. The highest BCUT2D eigenvalue weighted by Gasteiger charge is 2.22. The lowest BCUT2D eigenvalue weighted by atomic mass is 10.1. The van der Waals surface area contributed by atoms with Gasteiger partial charge in [0.05, 0.1) is 12.8 Å². The molecule has 0 aliphatic rings. The third-order valence-corrected chi connectivity index (χ3v) is 3.62. The number of benzene rings is 2. The van der Waals surface area contributed by atoms with E-state index in [-0.39, 0.29) is 11.4 Å². The van der Waals surface area contributed by atoms with Gasteiger partial charge in [-0.25, -0.2) is 13.9 Å². The smallest absolute Gasteiger partial charge is 0.358 e. The summed E-state index contributed by atoms with van der Waals surface area (Å²) >= 11 is 0. The SMILES string of the molecule is COc1cccc(-c2c(C(=O)O)nnn2-c2cc(F)ccc2C)c1. The van der Waals surface area contributed by atoms with E-state index in [0.717, 1.165) is 5.56 Å². The minimum absolute atomic E-state index is 0.216. The molecule has 0 saturated carbocycles. The van der Waals surface area contributed by atoms with Crippen molar-refractivity contribution in [3.8, 4) is 22.7 Å². The standard InChI is InChI=1S/C17H14FN3O3/c1-10-6-7-12(18)9-14(10)21-16(15(17(22)23)19-20-21)11-4-3-5-13(8-11)24-2/h3-9H,1-2H3,(H,22,23). The number of methoxy groups -OCH3 is 1. The summed E-state index contributed by atoms with van der Waals surface area (Å²) in [6, 6.07) is 11.1. The van der Waals surface area contributed by atoms with Crippen LogP contribution in [0.25, 0.3) is 16.9 Å². The lowest BCUT2D eigenvalue weighted by molar-refractivity contribution is 0.0691. The Bertz CT molecular complexity index is 921. The first-order valence-electron chi connectivity index (χ1n) is 7.11. The largest absolute Gasteiger partial charge is 0.497 e. The summed E-state index contributed by atoms with van der Waals surface area (Å²) in [4.78, 5) is 11.5. The second-order valence-corrected chi connectivity index (χ2v) is 5.17. The molecular weight excluding hydrogens is 313 g/mol. The number of carboxylic acids is 1. The molecule has 24 heavy (non-hydrogen) atoms. The van der Waals surface area contributed by atoms with Crippen LogP contribution in [-0.2, 0) is 0 Å². The van der Waals surface area contributed by atoms with E-state index in [1.54, 1.807) is 37.3 Å². The predicted octanol–water partition coefficient (Wildman–Crippen LogP) is 3.09. The number of ether oxygens (including phenoxy) is 1. The molecule has 3 rings (SSSR count). The lowest BCUT2D eigenvalue weighted by Crippen LogP contribution is -2.05. The third-order valence-electron chi connectivity index (χ3n) is 3.62. The van der Waals surface area contributed by atoms with E-state index >= 15 is 0 Å². The quantitative estimate of drug-likeness (QED) is 0.797. The Labute approximate surface area is 137 Å². The molecule has 6 nitrogen and oxygen atoms in total. The maximum absolute atomic E-state index is 13.7. The monoisotopic (exact) mass is 327 g/mol. The van der Waals surface area contributed by atoms with Crippen molar-refractivity contribution in [2.24, 2.45) is 0 Å². The van der Waals surface area contributed by atoms with Crippen LogP contribution in [0.3, 0.4) is 0 Å². The van der Waals surface area contributed by atoms with Crippen molar-refractivity contribution in [2.45, 2.75) is 6.92 Å². The van der Waals surface area contributed by atoms with Crippen molar-refractivity contribution in [3.05, 3.63) is 59.5 Å². The van der Waals surface area contributed by atoms with Crippen LogP contribution in [-0.4, -0.2) is 33.2 Å². The molecule has 7 heteroatoms. The molecule has 0 radical (unpaired) electrons. The van der Waals surface area contributed by atoms with E-state index in [9.17, 15) is 14.3 Å². The molecule has 0 spiro atoms. The van der Waals surface area contributed by atoms with E-state index < -0.39 is 11.8 Å². The number of carbonyl (C=O) groups is 1. The fourth-order valence-electron chi connectivity index (χ4n) is 2.43. The van der Waals surface area contributed by atoms with E-state index in [0.29, 0.717) is 17.0 Å². The zero-order valence-electron chi connectivity index (χ0n) is 13.0. The van der Waals surface area contributed by atoms with Crippen LogP contribution < -0.4 is 4.74 Å². The lowest BCUT2D eigenvalue weighted by Gasteiger charge is -2.11. The van der Waals surface area contributed by atoms with E-state index in [1.807, 2.05) is 0 Å². The zero-order chi connectivity index (χ0) is 17.3. The first-order valence-corrected chi connectivity index (χ1v) is 7.11. The Kier molecular flexibility index (Phi) is 3.99. The van der Waals surface area contributed by atoms with Crippen LogP contribution in [0.15, 0.2) is 42.5 Å². The number of rotatable bonds is 4. The van der Waals surface area contributed by atoms with Crippen molar-refractivity contribution in [1.29, 1.82) is 0 Å². The first kappa shape index (κ1) is 15.7. The van der Waals surface area contributed by atoms with Gasteiger partial charge in [-0.05, 0) is 36.8 Å². The van der Waals surface area contributed by atoms with Crippen molar-refractivity contribution in [1.82, 2.24) is 15.0 Å². The Hall–Kier alpha value is -3.22. The number of carboxylic acid groups (broad SMARTS) is 1. The van der Waals surface area contributed by atoms with Gasteiger partial charge in [-0.3, -0.25) is 0 Å². The van der Waals surface area contributed by atoms with Gasteiger partial charge in [0.1, 0.15) is 17.3 Å². The van der Waals surface area contributed by atoms with Gasteiger partial charge in [-0.2, -0.15) is 0 Å². The number of halogens is 1. The molecule has 1 heterocycles. The Morgan fingerprint density at radius 1 is 1.25 bits per heavy atom. The van der Waals surface area contributed by atoms with Gasteiger partial charge in [0.2, 0.25) is 0 Å². The highest BCUT2D eigenvalue weighted by atomic mass is 19.1. The molecule has 0 aliphatic heterocycles. The molecule has 0 aliphatic carbocycles. The number of aromatic nitrogens is 3. The van der Waals surface area contributed by atoms with Crippen LogP contribution in [0.4, 0.5) is 4.39 Å². The zero-order valence-corrected chi connectivity index (χ0v) is 13.0. The fraction of sp³-hybridized carbons (Fsp3) is 0.118. The topological polar surface area (TPSA) is 77.2 Å². The summed E-state index contributed by atoms with van der Waals surface area (Å²) in [7, 11) is 1.52. The summed E-state index contributed by atoms with van der Waals surface area (Å²) in [5.74, 6) is -1.10. The Balaban J connectivity index is 2.29. The van der Waals surface area contributed by atoms with Crippen LogP contribution in [0.5, 0.6) is 5.75 Å². The minimum atomic E-state index is -1.21. The molecule has 122 valence electrons. The summed E-state index contributed by atoms with van der Waals surface area (Å²) in [6.45, 7) is 1.78. The predicted molar refractivity (Wildman–Crippen MR) is 85.0 cm³/mol. The van der Waals surface area contributed by atoms with Gasteiger partial charge < -0.3 is 9.84 Å². The van der Waals surface area contributed by atoms with Crippen LogP contribution in [0.2, 0.25) is 0 Å². The second kappa shape index (κ2) is 6.11. The number of aryl methyl sites for hydroxylation is 1. The normalized spacial score (nSPS) is 10.6. The second-order valence-electron chi connectivity index (χ2n) is 5.17. The summed E-state index contributed by atoms with van der Waals surface area (Å²) < 4.78 is 20.2. The van der Waals surface area contributed by atoms with Gasteiger partial charge in [0.15, 0.2) is 5.69 Å². The van der Waals surface area contributed by atoms with Gasteiger partial charge in [-0.1, -0.05) is 23.4 Å². The first-order chi connectivity index (χ1) is 11.5. The van der Waals surface area contributed by atoms with Gasteiger partial charge >= 0.3 is 5.97 Å². The molecule has 0 unspecified atom stereocenters. The van der Waals surface area contributed by atoms with E-state index in [2.05, 4.69) is 10.3 Å². The van der Waals surface area contributed by atoms with Crippen molar-refractivity contribution < 1.29 is 19.0 Å². The summed E-state index contributed by atoms with van der Waals surface area (Å²) in [5.41, 5.74) is 1.76. The van der Waals surface area contributed by atoms with E-state index in [4.69, 9.17) is 4.74 Å². The fourth-order valence-corrected chi connectivity index (χ4v) is 2.43. The minimum Gasteiger partial charge on any atom is -0.497 e. The van der Waals surface area contributed by atoms with Crippen LogP contribution >= 0.6 is 0 Å². The summed E-state index contributed by atoms with van der Waals surface area (Å²) in [6.07, 6.45) is 0. The maximum Gasteiger partial charge on any atom is 0.358 e. The average Bonchev–Trinajstić information content (AvgIpc) is 3.02. The van der Waals surface area contributed by atoms with Crippen LogP contribution in [0, 0.1) is 12.7 Å². The molecular formula is C17H14FN3O3. The Morgan fingerprint density at radius 2 is 2.04 bits per heavy atom. The van der Waals surface area contributed by atoms with Gasteiger partial charge in [-0.15, -0.1) is 5.10 Å². The molecule has 2 aromatic carbocycles. The molecule has 1 aromatic heterocycles. The highest BCUT2D eigenvalue weighted by Crippen LogP contribution is 2.29. The summed E-state index contributed by atoms with van der Waals surface area (Å²) in [5, 5.41) is 17.1. The molecule has 3 aromatic rings. The van der Waals surface area contributed by atoms with Crippen LogP contribution in [0.1, 0.15) is 16.1 Å². The van der Waals surface area contributed by atoms with Crippen molar-refractivity contribution in [2.75, 3.05) is 7.11 Å². The number of nitrogens with zero attached hydrogens (tertiary/aromatic N) is 3. The average molecular weight is 327 g/mol. The molecule has 0 bridgehead atoms. The maximum atomic E-state index is 13.7. The molecule has 1 N–H and O–H groups in total. The van der Waals surface area contributed by atoms with Gasteiger partial charge in [0.25, 0.3) is 0 Å². The third kappa shape index (κ3) is 2.71.